The lowest BCUT2D eigenvalue weighted by Crippen LogP contribution is -2.36. The van der Waals surface area contributed by atoms with Crippen molar-refractivity contribution in [1.29, 1.82) is 0 Å². The monoisotopic (exact) mass is 171 g/mol. The molecule has 1 atom stereocenters. The molecule has 1 rings (SSSR count). The molecule has 1 unspecified atom stereocenters. The van der Waals surface area contributed by atoms with E-state index in [1.54, 1.807) is 5.06 Å². The average molecular weight is 171 g/mol. The largest absolute Gasteiger partial charge is 0.314 e. The van der Waals surface area contributed by atoms with Crippen molar-refractivity contribution in [2.45, 2.75) is 57.9 Å². The molecule has 0 aromatic carbocycles. The molecule has 0 saturated carbocycles. The Balaban J connectivity index is 2.11. The van der Waals surface area contributed by atoms with Crippen LogP contribution in [0, 0.1) is 0 Å². The van der Waals surface area contributed by atoms with Crippen LogP contribution in [-0.2, 0) is 0 Å². The molecule has 1 heterocycles. The minimum Gasteiger partial charge on any atom is -0.314 e. The van der Waals surface area contributed by atoms with E-state index in [0.29, 0.717) is 6.04 Å². The summed E-state index contributed by atoms with van der Waals surface area (Å²) in [6.07, 6.45) is 8.71. The Kier molecular flexibility index (Phi) is 4.62. The fourth-order valence-corrected chi connectivity index (χ4v) is 1.91. The highest BCUT2D eigenvalue weighted by Gasteiger charge is 2.19. The van der Waals surface area contributed by atoms with Gasteiger partial charge in [-0.25, -0.2) is 0 Å². The molecule has 1 aliphatic rings. The number of piperidine rings is 1. The molecule has 0 aliphatic carbocycles. The van der Waals surface area contributed by atoms with Crippen molar-refractivity contribution in [3.05, 3.63) is 0 Å². The van der Waals surface area contributed by atoms with Gasteiger partial charge >= 0.3 is 0 Å². The first kappa shape index (κ1) is 10.0. The van der Waals surface area contributed by atoms with Crippen LogP contribution in [-0.4, -0.2) is 22.9 Å². The van der Waals surface area contributed by atoms with Gasteiger partial charge in [0.1, 0.15) is 0 Å². The second kappa shape index (κ2) is 5.55. The Labute approximate surface area is 75.5 Å². The maximum Gasteiger partial charge on any atom is 0.0350 e. The number of hydrogen-bond donors (Lipinski definition) is 1. The van der Waals surface area contributed by atoms with Gasteiger partial charge in [0.2, 0.25) is 0 Å². The summed E-state index contributed by atoms with van der Waals surface area (Å²) in [5.41, 5.74) is 0. The molecule has 2 nitrogen and oxygen atoms in total. The Bertz CT molecular complexity index is 116. The highest BCUT2D eigenvalue weighted by Crippen LogP contribution is 2.19. The van der Waals surface area contributed by atoms with Crippen molar-refractivity contribution in [3.63, 3.8) is 0 Å². The van der Waals surface area contributed by atoms with Gasteiger partial charge < -0.3 is 5.21 Å². The van der Waals surface area contributed by atoms with Crippen LogP contribution in [0.15, 0.2) is 0 Å². The topological polar surface area (TPSA) is 23.5 Å². The zero-order valence-corrected chi connectivity index (χ0v) is 8.13. The van der Waals surface area contributed by atoms with Gasteiger partial charge in [0.05, 0.1) is 0 Å². The van der Waals surface area contributed by atoms with Crippen LogP contribution in [0.2, 0.25) is 0 Å². The van der Waals surface area contributed by atoms with Crippen LogP contribution < -0.4 is 0 Å². The molecule has 0 spiro atoms. The molecule has 0 amide bonds. The molecule has 2 heteroatoms. The van der Waals surface area contributed by atoms with Gasteiger partial charge in [0, 0.05) is 12.6 Å². The van der Waals surface area contributed by atoms with Crippen molar-refractivity contribution in [1.82, 2.24) is 5.06 Å². The molecule has 0 aromatic heterocycles. The Morgan fingerprint density at radius 1 is 1.33 bits per heavy atom. The van der Waals surface area contributed by atoms with Crippen molar-refractivity contribution >= 4 is 0 Å². The minimum atomic E-state index is 0.463. The molecular formula is C10H21NO. The zero-order valence-electron chi connectivity index (χ0n) is 8.13. The quantitative estimate of drug-likeness (QED) is 0.657. The van der Waals surface area contributed by atoms with Crippen LogP contribution in [0.4, 0.5) is 0 Å². The van der Waals surface area contributed by atoms with E-state index >= 15 is 0 Å². The Morgan fingerprint density at radius 2 is 2.17 bits per heavy atom. The zero-order chi connectivity index (χ0) is 8.81. The number of unbranched alkanes of at least 4 members (excludes halogenated alkanes) is 2. The second-order valence-corrected chi connectivity index (χ2v) is 3.81. The predicted octanol–water partition coefficient (Wildman–Crippen LogP) is 2.81. The predicted molar refractivity (Wildman–Crippen MR) is 50.3 cm³/mol. The molecule has 0 radical (unpaired) electrons. The van der Waals surface area contributed by atoms with E-state index in [2.05, 4.69) is 6.92 Å². The maximum absolute atomic E-state index is 9.50. The van der Waals surface area contributed by atoms with Gasteiger partial charge in [-0.05, 0) is 19.3 Å². The smallest absolute Gasteiger partial charge is 0.0350 e. The normalized spacial score (nSPS) is 26.0. The SMILES string of the molecule is CCCCCC1CCCCN1O. The first-order chi connectivity index (χ1) is 5.84. The average Bonchev–Trinajstić information content (AvgIpc) is 2.09. The first-order valence-corrected chi connectivity index (χ1v) is 5.30. The third-order valence-corrected chi connectivity index (χ3v) is 2.74. The molecule has 72 valence electrons. The van der Waals surface area contributed by atoms with Gasteiger partial charge in [-0.2, -0.15) is 5.06 Å². The molecule has 1 saturated heterocycles. The third-order valence-electron chi connectivity index (χ3n) is 2.74. The summed E-state index contributed by atoms with van der Waals surface area (Å²) in [4.78, 5) is 0. The first-order valence-electron chi connectivity index (χ1n) is 5.30. The third kappa shape index (κ3) is 3.11. The lowest BCUT2D eigenvalue weighted by Gasteiger charge is -2.30. The van der Waals surface area contributed by atoms with Gasteiger partial charge in [-0.1, -0.05) is 32.6 Å². The van der Waals surface area contributed by atoms with E-state index in [9.17, 15) is 5.21 Å². The summed E-state index contributed by atoms with van der Waals surface area (Å²) >= 11 is 0. The van der Waals surface area contributed by atoms with E-state index in [4.69, 9.17) is 0 Å². The van der Waals surface area contributed by atoms with Gasteiger partial charge in [0.25, 0.3) is 0 Å². The number of nitrogens with zero attached hydrogens (tertiary/aromatic N) is 1. The van der Waals surface area contributed by atoms with Crippen LogP contribution in [0.3, 0.4) is 0 Å². The summed E-state index contributed by atoms with van der Waals surface area (Å²) in [5, 5.41) is 11.1. The van der Waals surface area contributed by atoms with Crippen molar-refractivity contribution in [2.24, 2.45) is 0 Å². The molecule has 0 aromatic rings. The fraction of sp³-hybridized carbons (Fsp3) is 1.00. The summed E-state index contributed by atoms with van der Waals surface area (Å²) in [6.45, 7) is 3.11. The summed E-state index contributed by atoms with van der Waals surface area (Å²) < 4.78 is 0. The van der Waals surface area contributed by atoms with Crippen molar-refractivity contribution in [3.8, 4) is 0 Å². The maximum atomic E-state index is 9.50. The minimum absolute atomic E-state index is 0.463. The molecular weight excluding hydrogens is 150 g/mol. The van der Waals surface area contributed by atoms with E-state index < -0.39 is 0 Å². The van der Waals surface area contributed by atoms with Crippen LogP contribution in [0.1, 0.15) is 51.9 Å². The molecule has 1 fully saturated rings. The van der Waals surface area contributed by atoms with E-state index in [0.717, 1.165) is 6.54 Å². The number of hydrogen-bond acceptors (Lipinski definition) is 2. The van der Waals surface area contributed by atoms with Gasteiger partial charge in [-0.3, -0.25) is 0 Å². The molecule has 0 bridgehead atoms. The van der Waals surface area contributed by atoms with Crippen LogP contribution in [0.25, 0.3) is 0 Å². The molecule has 1 aliphatic heterocycles. The van der Waals surface area contributed by atoms with E-state index in [-0.39, 0.29) is 0 Å². The lowest BCUT2D eigenvalue weighted by molar-refractivity contribution is -0.143. The van der Waals surface area contributed by atoms with Crippen molar-refractivity contribution in [2.75, 3.05) is 6.54 Å². The van der Waals surface area contributed by atoms with Gasteiger partial charge in [0.15, 0.2) is 0 Å². The summed E-state index contributed by atoms with van der Waals surface area (Å²) in [6, 6.07) is 0.463. The summed E-state index contributed by atoms with van der Waals surface area (Å²) in [7, 11) is 0. The van der Waals surface area contributed by atoms with Crippen LogP contribution >= 0.6 is 0 Å². The Hall–Kier alpha value is -0.0800. The van der Waals surface area contributed by atoms with Crippen LogP contribution in [0.5, 0.6) is 0 Å². The Morgan fingerprint density at radius 3 is 2.83 bits per heavy atom. The number of hydroxylamine groups is 2. The lowest BCUT2D eigenvalue weighted by atomic mass is 9.99. The molecule has 12 heavy (non-hydrogen) atoms. The standard InChI is InChI=1S/C10H21NO/c1-2-3-4-7-10-8-5-6-9-11(10)12/h10,12H,2-9H2,1H3. The highest BCUT2D eigenvalue weighted by molar-refractivity contribution is 4.70. The highest BCUT2D eigenvalue weighted by atomic mass is 16.5. The van der Waals surface area contributed by atoms with E-state index in [1.165, 1.54) is 44.9 Å². The second-order valence-electron chi connectivity index (χ2n) is 3.81. The van der Waals surface area contributed by atoms with Gasteiger partial charge in [-0.15, -0.1) is 0 Å². The summed E-state index contributed by atoms with van der Waals surface area (Å²) in [5.74, 6) is 0. The van der Waals surface area contributed by atoms with Crippen molar-refractivity contribution < 1.29 is 5.21 Å². The number of rotatable bonds is 4. The molecule has 1 N–H and O–H groups in total. The fourth-order valence-electron chi connectivity index (χ4n) is 1.91. The van der Waals surface area contributed by atoms with E-state index in [1.807, 2.05) is 0 Å².